The van der Waals surface area contributed by atoms with E-state index in [1.165, 1.54) is 0 Å². The number of primary amides is 1. The number of benzene rings is 1. The van der Waals surface area contributed by atoms with E-state index in [2.05, 4.69) is 15.5 Å². The summed E-state index contributed by atoms with van der Waals surface area (Å²) >= 11 is 0. The van der Waals surface area contributed by atoms with Crippen LogP contribution in [0.25, 0.3) is 10.8 Å². The van der Waals surface area contributed by atoms with E-state index in [1.54, 1.807) is 24.3 Å². The topological polar surface area (TPSA) is 155 Å². The smallest absolute Gasteiger partial charge is 0.326 e. The first kappa shape index (κ1) is 17.1. The van der Waals surface area contributed by atoms with E-state index >= 15 is 0 Å². The summed E-state index contributed by atoms with van der Waals surface area (Å²) < 4.78 is 0. The highest BCUT2D eigenvalue weighted by Gasteiger charge is 2.21. The summed E-state index contributed by atoms with van der Waals surface area (Å²) in [6.07, 6.45) is -0.467. The van der Waals surface area contributed by atoms with Crippen LogP contribution in [0.4, 0.5) is 0 Å². The van der Waals surface area contributed by atoms with Crippen molar-refractivity contribution in [3.05, 3.63) is 40.3 Å². The van der Waals surface area contributed by atoms with Gasteiger partial charge in [0.25, 0.3) is 5.56 Å². The van der Waals surface area contributed by atoms with Crippen molar-refractivity contribution < 1.29 is 19.5 Å². The van der Waals surface area contributed by atoms with Crippen LogP contribution in [-0.2, 0) is 20.8 Å². The number of carbonyl (C=O) groups is 3. The Labute approximate surface area is 135 Å². The lowest BCUT2D eigenvalue weighted by Gasteiger charge is -2.13. The molecule has 126 valence electrons. The Balaban J connectivity index is 2.14. The molecule has 2 aromatic rings. The zero-order chi connectivity index (χ0) is 17.7. The normalized spacial score (nSPS) is 11.8. The van der Waals surface area contributed by atoms with Crippen molar-refractivity contribution in [3.8, 4) is 0 Å². The molecule has 1 aromatic heterocycles. The number of carboxylic acid groups (broad SMARTS) is 1. The second-order valence-electron chi connectivity index (χ2n) is 5.19. The second kappa shape index (κ2) is 7.36. The molecule has 9 heteroatoms. The molecule has 0 saturated carbocycles. The SMILES string of the molecule is NC(=O)CC[C@@H](NC(=O)Cc1n[nH]c(=O)c2ccccc12)C(=O)O. The van der Waals surface area contributed by atoms with Crippen molar-refractivity contribution in [1.82, 2.24) is 15.5 Å². The lowest BCUT2D eigenvalue weighted by molar-refractivity contribution is -0.142. The highest BCUT2D eigenvalue weighted by atomic mass is 16.4. The molecule has 1 aromatic carbocycles. The quantitative estimate of drug-likeness (QED) is 0.525. The molecule has 0 aliphatic rings. The van der Waals surface area contributed by atoms with Crippen LogP contribution in [0.1, 0.15) is 18.5 Å². The van der Waals surface area contributed by atoms with Crippen LogP contribution in [0, 0.1) is 0 Å². The minimum absolute atomic E-state index is 0.101. The summed E-state index contributed by atoms with van der Waals surface area (Å²) in [5.41, 5.74) is 4.93. The third-order valence-corrected chi connectivity index (χ3v) is 3.42. The number of hydrogen-bond donors (Lipinski definition) is 4. The van der Waals surface area contributed by atoms with Crippen LogP contribution in [-0.4, -0.2) is 39.1 Å². The fourth-order valence-corrected chi connectivity index (χ4v) is 2.25. The minimum atomic E-state index is -1.26. The average molecular weight is 332 g/mol. The van der Waals surface area contributed by atoms with E-state index < -0.39 is 23.8 Å². The highest BCUT2D eigenvalue weighted by molar-refractivity contribution is 5.90. The number of aromatic amines is 1. The van der Waals surface area contributed by atoms with E-state index in [0.717, 1.165) is 0 Å². The standard InChI is InChI=1S/C15H16N4O5/c16-12(20)6-5-10(15(23)24)17-13(21)7-11-8-3-1-2-4-9(8)14(22)19-18-11/h1-4,10H,5-7H2,(H2,16,20)(H,17,21)(H,19,22)(H,23,24)/t10-/m1/s1. The van der Waals surface area contributed by atoms with Crippen LogP contribution < -0.4 is 16.6 Å². The summed E-state index contributed by atoms with van der Waals surface area (Å²) in [5.74, 6) is -2.50. The third kappa shape index (κ3) is 4.15. The summed E-state index contributed by atoms with van der Waals surface area (Å²) in [5, 5.41) is 18.5. The Hall–Kier alpha value is -3.23. The molecular formula is C15H16N4O5. The van der Waals surface area contributed by atoms with Crippen LogP contribution in [0.15, 0.2) is 29.1 Å². The van der Waals surface area contributed by atoms with Crippen LogP contribution >= 0.6 is 0 Å². The molecule has 24 heavy (non-hydrogen) atoms. The first-order valence-corrected chi connectivity index (χ1v) is 7.15. The molecule has 9 nitrogen and oxygen atoms in total. The lowest BCUT2D eigenvalue weighted by Crippen LogP contribution is -2.42. The Kier molecular flexibility index (Phi) is 5.25. The number of amides is 2. The molecule has 0 radical (unpaired) electrons. The monoisotopic (exact) mass is 332 g/mol. The maximum absolute atomic E-state index is 12.1. The molecule has 0 fully saturated rings. The zero-order valence-electron chi connectivity index (χ0n) is 12.6. The number of carboxylic acids is 1. The van der Waals surface area contributed by atoms with Gasteiger partial charge in [0.2, 0.25) is 11.8 Å². The minimum Gasteiger partial charge on any atom is -0.480 e. The molecular weight excluding hydrogens is 316 g/mol. The van der Waals surface area contributed by atoms with Gasteiger partial charge in [-0.05, 0) is 12.5 Å². The number of H-pyrrole nitrogens is 1. The fourth-order valence-electron chi connectivity index (χ4n) is 2.25. The number of aliphatic carboxylic acids is 1. The molecule has 5 N–H and O–H groups in total. The molecule has 0 spiro atoms. The Morgan fingerprint density at radius 3 is 2.54 bits per heavy atom. The Morgan fingerprint density at radius 2 is 1.92 bits per heavy atom. The van der Waals surface area contributed by atoms with E-state index in [0.29, 0.717) is 16.5 Å². The first-order chi connectivity index (χ1) is 11.4. The van der Waals surface area contributed by atoms with Gasteiger partial charge in [-0.15, -0.1) is 0 Å². The van der Waals surface area contributed by atoms with Gasteiger partial charge in [0.05, 0.1) is 17.5 Å². The number of nitrogens with one attached hydrogen (secondary N) is 2. The van der Waals surface area contributed by atoms with Crippen molar-refractivity contribution in [2.24, 2.45) is 5.73 Å². The van der Waals surface area contributed by atoms with Gasteiger partial charge in [0, 0.05) is 11.8 Å². The first-order valence-electron chi connectivity index (χ1n) is 7.15. The highest BCUT2D eigenvalue weighted by Crippen LogP contribution is 2.12. The van der Waals surface area contributed by atoms with Gasteiger partial charge in [-0.25, -0.2) is 9.89 Å². The Bertz CT molecular complexity index is 845. The maximum atomic E-state index is 12.1. The largest absolute Gasteiger partial charge is 0.480 e. The summed E-state index contributed by atoms with van der Waals surface area (Å²) in [6, 6.07) is 5.43. The average Bonchev–Trinajstić information content (AvgIpc) is 2.54. The molecule has 0 unspecified atom stereocenters. The van der Waals surface area contributed by atoms with Gasteiger partial charge >= 0.3 is 5.97 Å². The van der Waals surface area contributed by atoms with Gasteiger partial charge in [-0.1, -0.05) is 18.2 Å². The van der Waals surface area contributed by atoms with Crippen molar-refractivity contribution in [1.29, 1.82) is 0 Å². The number of hydrogen-bond acceptors (Lipinski definition) is 5. The summed E-state index contributed by atoms with van der Waals surface area (Å²) in [7, 11) is 0. The number of nitrogens with two attached hydrogens (primary N) is 1. The van der Waals surface area contributed by atoms with E-state index in [1.807, 2.05) is 0 Å². The number of nitrogens with zero attached hydrogens (tertiary/aromatic N) is 1. The van der Waals surface area contributed by atoms with Crippen LogP contribution in [0.3, 0.4) is 0 Å². The number of rotatable bonds is 7. The van der Waals surface area contributed by atoms with E-state index in [-0.39, 0.29) is 24.8 Å². The van der Waals surface area contributed by atoms with Crippen LogP contribution in [0.5, 0.6) is 0 Å². The van der Waals surface area contributed by atoms with Gasteiger partial charge in [-0.2, -0.15) is 5.10 Å². The summed E-state index contributed by atoms with van der Waals surface area (Å²) in [4.78, 5) is 45.7. The third-order valence-electron chi connectivity index (χ3n) is 3.42. The van der Waals surface area contributed by atoms with Crippen molar-refractivity contribution in [3.63, 3.8) is 0 Å². The van der Waals surface area contributed by atoms with Crippen molar-refractivity contribution in [2.75, 3.05) is 0 Å². The molecule has 0 saturated heterocycles. The predicted octanol–water partition coefficient (Wildman–Crippen LogP) is -0.699. The molecule has 0 aliphatic carbocycles. The Morgan fingerprint density at radius 1 is 1.25 bits per heavy atom. The van der Waals surface area contributed by atoms with E-state index in [4.69, 9.17) is 10.8 Å². The summed E-state index contributed by atoms with van der Waals surface area (Å²) in [6.45, 7) is 0. The molecule has 0 aliphatic heterocycles. The maximum Gasteiger partial charge on any atom is 0.326 e. The molecule has 2 rings (SSSR count). The van der Waals surface area contributed by atoms with Gasteiger partial charge in [0.1, 0.15) is 6.04 Å². The number of carbonyl (C=O) groups excluding carboxylic acids is 2. The van der Waals surface area contributed by atoms with Gasteiger partial charge < -0.3 is 16.2 Å². The predicted molar refractivity (Wildman–Crippen MR) is 84.1 cm³/mol. The van der Waals surface area contributed by atoms with Crippen molar-refractivity contribution >= 4 is 28.6 Å². The van der Waals surface area contributed by atoms with E-state index in [9.17, 15) is 19.2 Å². The molecule has 1 heterocycles. The van der Waals surface area contributed by atoms with Crippen LogP contribution in [0.2, 0.25) is 0 Å². The molecule has 2 amide bonds. The van der Waals surface area contributed by atoms with Gasteiger partial charge in [0.15, 0.2) is 0 Å². The molecule has 1 atom stereocenters. The zero-order valence-corrected chi connectivity index (χ0v) is 12.6. The number of aromatic nitrogens is 2. The second-order valence-corrected chi connectivity index (χ2v) is 5.19. The van der Waals surface area contributed by atoms with Gasteiger partial charge in [-0.3, -0.25) is 14.4 Å². The lowest BCUT2D eigenvalue weighted by atomic mass is 10.1. The number of fused-ring (bicyclic) bond motifs is 1. The van der Waals surface area contributed by atoms with Crippen molar-refractivity contribution in [2.45, 2.75) is 25.3 Å². The molecule has 0 bridgehead atoms. The fraction of sp³-hybridized carbons (Fsp3) is 0.267.